The zero-order valence-electron chi connectivity index (χ0n) is 15.1. The van der Waals surface area contributed by atoms with Gasteiger partial charge in [-0.2, -0.15) is 4.98 Å². The van der Waals surface area contributed by atoms with Gasteiger partial charge in [0.15, 0.2) is 0 Å². The van der Waals surface area contributed by atoms with Crippen LogP contribution in [-0.4, -0.2) is 36.1 Å². The smallest absolute Gasteiger partial charge is 0.222 e. The van der Waals surface area contributed by atoms with Gasteiger partial charge in [-0.15, -0.1) is 0 Å². The molecule has 0 aromatic carbocycles. The molecule has 1 aromatic rings. The summed E-state index contributed by atoms with van der Waals surface area (Å²) < 4.78 is 0. The number of aromatic nitrogens is 2. The van der Waals surface area contributed by atoms with Crippen molar-refractivity contribution >= 4 is 17.8 Å². The Hall–Kier alpha value is -1.88. The van der Waals surface area contributed by atoms with E-state index in [0.29, 0.717) is 5.95 Å². The Morgan fingerprint density at radius 2 is 1.96 bits per heavy atom. The van der Waals surface area contributed by atoms with Gasteiger partial charge in [-0.05, 0) is 43.3 Å². The van der Waals surface area contributed by atoms with Crippen LogP contribution < -0.4 is 16.0 Å². The molecule has 1 fully saturated rings. The molecule has 1 aliphatic carbocycles. The van der Waals surface area contributed by atoms with Gasteiger partial charge >= 0.3 is 0 Å². The maximum absolute atomic E-state index is 5.94. The van der Waals surface area contributed by atoms with Gasteiger partial charge in [0.2, 0.25) is 5.95 Å². The number of piperazine rings is 1. The number of allylic oxidation sites excluding steroid dienone is 3. The molecule has 5 heteroatoms. The second kappa shape index (κ2) is 6.93. The van der Waals surface area contributed by atoms with Gasteiger partial charge in [-0.3, -0.25) is 0 Å². The zero-order chi connectivity index (χ0) is 17.2. The van der Waals surface area contributed by atoms with Crippen molar-refractivity contribution in [3.63, 3.8) is 0 Å². The highest BCUT2D eigenvalue weighted by Crippen LogP contribution is 2.40. The molecule has 0 radical (unpaired) electrons. The third-order valence-corrected chi connectivity index (χ3v) is 5.15. The third kappa shape index (κ3) is 3.78. The topological polar surface area (TPSA) is 67.1 Å². The van der Waals surface area contributed by atoms with Gasteiger partial charge in [0.1, 0.15) is 5.82 Å². The van der Waals surface area contributed by atoms with Crippen molar-refractivity contribution in [3.05, 3.63) is 29.0 Å². The van der Waals surface area contributed by atoms with Crippen molar-refractivity contribution in [2.75, 3.05) is 36.8 Å². The van der Waals surface area contributed by atoms with Crippen LogP contribution >= 0.6 is 0 Å². The number of nitrogens with two attached hydrogens (primary N) is 1. The molecular weight excluding hydrogens is 298 g/mol. The Balaban J connectivity index is 1.85. The Bertz CT molecular complexity index is 654. The minimum absolute atomic E-state index is 0.235. The molecule has 0 bridgehead atoms. The van der Waals surface area contributed by atoms with E-state index in [1.54, 1.807) is 0 Å². The van der Waals surface area contributed by atoms with Crippen molar-refractivity contribution in [3.8, 4) is 0 Å². The number of nitrogen functional groups attached to an aromatic ring is 1. The summed E-state index contributed by atoms with van der Waals surface area (Å²) in [6.07, 6.45) is 8.04. The van der Waals surface area contributed by atoms with Crippen LogP contribution in [0, 0.1) is 5.41 Å². The largest absolute Gasteiger partial charge is 0.368 e. The fraction of sp³-hybridized carbons (Fsp3) is 0.579. The van der Waals surface area contributed by atoms with E-state index in [1.165, 1.54) is 30.4 Å². The monoisotopic (exact) mass is 327 g/mol. The average molecular weight is 327 g/mol. The van der Waals surface area contributed by atoms with Gasteiger partial charge in [0.25, 0.3) is 0 Å². The quantitative estimate of drug-likeness (QED) is 0.893. The summed E-state index contributed by atoms with van der Waals surface area (Å²) in [4.78, 5) is 11.1. The van der Waals surface area contributed by atoms with E-state index in [2.05, 4.69) is 53.1 Å². The van der Waals surface area contributed by atoms with Gasteiger partial charge in [0.05, 0.1) is 5.69 Å². The summed E-state index contributed by atoms with van der Waals surface area (Å²) >= 11 is 0. The fourth-order valence-corrected chi connectivity index (χ4v) is 3.79. The zero-order valence-corrected chi connectivity index (χ0v) is 15.1. The first-order valence-electron chi connectivity index (χ1n) is 8.94. The molecule has 2 heterocycles. The lowest BCUT2D eigenvalue weighted by molar-refractivity contribution is 0.377. The number of hydrogen-bond acceptors (Lipinski definition) is 5. The van der Waals surface area contributed by atoms with Crippen LogP contribution in [0.3, 0.4) is 0 Å². The lowest BCUT2D eigenvalue weighted by atomic mass is 9.72. The lowest BCUT2D eigenvalue weighted by Crippen LogP contribution is -2.44. The molecule has 3 N–H and O–H groups in total. The molecule has 0 saturated carbocycles. The molecule has 2 aliphatic rings. The molecule has 0 unspecified atom stereocenters. The van der Waals surface area contributed by atoms with Gasteiger partial charge in [-0.25, -0.2) is 4.98 Å². The van der Waals surface area contributed by atoms with Crippen LogP contribution in [0.15, 0.2) is 23.3 Å². The van der Waals surface area contributed by atoms with Crippen molar-refractivity contribution in [1.29, 1.82) is 0 Å². The Morgan fingerprint density at radius 1 is 1.21 bits per heavy atom. The molecular formula is C19H29N5. The van der Waals surface area contributed by atoms with Crippen LogP contribution in [0.25, 0.3) is 6.08 Å². The number of anilines is 2. The average Bonchev–Trinajstić information content (AvgIpc) is 2.54. The van der Waals surface area contributed by atoms with Gasteiger partial charge in [-0.1, -0.05) is 25.5 Å². The maximum Gasteiger partial charge on any atom is 0.222 e. The second-order valence-corrected chi connectivity index (χ2v) is 7.51. The SMILES string of the molecule is CC1=C(/C=C/c2cc(N3CCNCC3)nc(N)n2)C(C)(C)CCC1. The minimum Gasteiger partial charge on any atom is -0.368 e. The van der Waals surface area contributed by atoms with Crippen molar-refractivity contribution < 1.29 is 0 Å². The van der Waals surface area contributed by atoms with Crippen molar-refractivity contribution in [2.45, 2.75) is 40.0 Å². The summed E-state index contributed by atoms with van der Waals surface area (Å²) in [7, 11) is 0. The summed E-state index contributed by atoms with van der Waals surface area (Å²) in [6, 6.07) is 2.05. The molecule has 3 rings (SSSR count). The molecule has 24 heavy (non-hydrogen) atoms. The van der Waals surface area contributed by atoms with Crippen LogP contribution in [0.5, 0.6) is 0 Å². The van der Waals surface area contributed by atoms with E-state index >= 15 is 0 Å². The number of hydrogen-bond donors (Lipinski definition) is 2. The first kappa shape index (κ1) is 17.0. The molecule has 0 atom stereocenters. The summed E-state index contributed by atoms with van der Waals surface area (Å²) in [5.41, 5.74) is 10.00. The molecule has 1 saturated heterocycles. The first-order valence-corrected chi connectivity index (χ1v) is 8.94. The van der Waals surface area contributed by atoms with Crippen LogP contribution in [0.1, 0.15) is 45.7 Å². The second-order valence-electron chi connectivity index (χ2n) is 7.51. The minimum atomic E-state index is 0.235. The molecule has 0 amide bonds. The number of rotatable bonds is 3. The Morgan fingerprint density at radius 3 is 2.67 bits per heavy atom. The van der Waals surface area contributed by atoms with E-state index < -0.39 is 0 Å². The Kier molecular flexibility index (Phi) is 4.90. The van der Waals surface area contributed by atoms with Gasteiger partial charge in [0, 0.05) is 32.2 Å². The predicted molar refractivity (Wildman–Crippen MR) is 101 cm³/mol. The third-order valence-electron chi connectivity index (χ3n) is 5.15. The van der Waals surface area contributed by atoms with Crippen LogP contribution in [-0.2, 0) is 0 Å². The number of nitrogens with one attached hydrogen (secondary N) is 1. The van der Waals surface area contributed by atoms with Crippen molar-refractivity contribution in [1.82, 2.24) is 15.3 Å². The van der Waals surface area contributed by atoms with E-state index in [1.807, 2.05) is 6.07 Å². The summed E-state index contributed by atoms with van der Waals surface area (Å²) in [5, 5.41) is 3.36. The van der Waals surface area contributed by atoms with Crippen molar-refractivity contribution in [2.24, 2.45) is 5.41 Å². The molecule has 0 spiro atoms. The highest BCUT2D eigenvalue weighted by atomic mass is 15.2. The first-order chi connectivity index (χ1) is 11.5. The van der Waals surface area contributed by atoms with E-state index in [4.69, 9.17) is 5.73 Å². The maximum atomic E-state index is 5.94. The molecule has 5 nitrogen and oxygen atoms in total. The highest BCUT2D eigenvalue weighted by Gasteiger charge is 2.26. The number of nitrogens with zero attached hydrogens (tertiary/aromatic N) is 3. The molecule has 1 aromatic heterocycles. The van der Waals surface area contributed by atoms with E-state index in [9.17, 15) is 0 Å². The summed E-state index contributed by atoms with van der Waals surface area (Å²) in [5.74, 6) is 1.27. The Labute approximate surface area is 145 Å². The van der Waals surface area contributed by atoms with E-state index in [-0.39, 0.29) is 5.41 Å². The fourth-order valence-electron chi connectivity index (χ4n) is 3.79. The standard InChI is InChI=1S/C19H29N5/c1-14-5-4-8-19(2,3)16(14)7-6-15-13-17(23-18(20)22-15)24-11-9-21-10-12-24/h6-7,13,21H,4-5,8-12H2,1-3H3,(H2,20,22,23)/b7-6+. The molecule has 1 aliphatic heterocycles. The normalized spacial score (nSPS) is 21.5. The van der Waals surface area contributed by atoms with Crippen LogP contribution in [0.2, 0.25) is 0 Å². The lowest BCUT2D eigenvalue weighted by Gasteiger charge is -2.33. The van der Waals surface area contributed by atoms with Crippen LogP contribution in [0.4, 0.5) is 11.8 Å². The highest BCUT2D eigenvalue weighted by molar-refractivity contribution is 5.57. The summed E-state index contributed by atoms with van der Waals surface area (Å²) in [6.45, 7) is 10.8. The van der Waals surface area contributed by atoms with E-state index in [0.717, 1.165) is 37.7 Å². The molecule has 130 valence electrons. The predicted octanol–water partition coefficient (Wildman–Crippen LogP) is 3.01. The van der Waals surface area contributed by atoms with Gasteiger partial charge < -0.3 is 16.0 Å².